The van der Waals surface area contributed by atoms with Crippen molar-refractivity contribution in [3.05, 3.63) is 29.3 Å². The molecule has 1 aromatic carbocycles. The summed E-state index contributed by atoms with van der Waals surface area (Å²) in [5, 5.41) is 10.7. The van der Waals surface area contributed by atoms with Crippen LogP contribution in [0.25, 0.3) is 0 Å². The predicted molar refractivity (Wildman–Crippen MR) is 135 cm³/mol. The van der Waals surface area contributed by atoms with Crippen LogP contribution in [-0.2, 0) is 4.74 Å². The van der Waals surface area contributed by atoms with Crippen LogP contribution in [0.1, 0.15) is 115 Å². The van der Waals surface area contributed by atoms with Crippen LogP contribution in [0.5, 0.6) is 5.75 Å². The Labute approximate surface area is 211 Å². The van der Waals surface area contributed by atoms with E-state index >= 15 is 0 Å². The Hall–Kier alpha value is -1.20. The molecule has 3 atom stereocenters. The van der Waals surface area contributed by atoms with Gasteiger partial charge in [0.05, 0.1) is 12.7 Å². The number of rotatable bonds is 9. The first-order valence-corrected chi connectivity index (χ1v) is 14.5. The zero-order valence-corrected chi connectivity index (χ0v) is 21.8. The number of ether oxygens (including phenoxy) is 2. The van der Waals surface area contributed by atoms with Gasteiger partial charge in [-0.15, -0.1) is 0 Å². The third-order valence-electron chi connectivity index (χ3n) is 9.33. The van der Waals surface area contributed by atoms with E-state index in [1.165, 1.54) is 44.9 Å². The molecule has 1 saturated heterocycles. The van der Waals surface area contributed by atoms with Crippen molar-refractivity contribution in [2.75, 3.05) is 6.61 Å². The van der Waals surface area contributed by atoms with E-state index in [1.807, 2.05) is 0 Å². The highest BCUT2D eigenvalue weighted by Gasteiger charge is 2.39. The molecule has 1 unspecified atom stereocenters. The molecule has 35 heavy (non-hydrogen) atoms. The summed E-state index contributed by atoms with van der Waals surface area (Å²) in [6.07, 6.45) is 15.5. The van der Waals surface area contributed by atoms with Crippen LogP contribution in [-0.4, -0.2) is 24.1 Å². The summed E-state index contributed by atoms with van der Waals surface area (Å²) in [7, 11) is 0. The number of hydrogen-bond donors (Lipinski definition) is 1. The Balaban J connectivity index is 1.22. The van der Waals surface area contributed by atoms with Gasteiger partial charge >= 0.3 is 0 Å². The Kier molecular flexibility index (Phi) is 9.86. The van der Waals surface area contributed by atoms with Crippen molar-refractivity contribution in [3.63, 3.8) is 0 Å². The lowest BCUT2D eigenvalue weighted by Crippen LogP contribution is -2.40. The second-order valence-corrected chi connectivity index (χ2v) is 11.4. The molecule has 0 bridgehead atoms. The van der Waals surface area contributed by atoms with Crippen LogP contribution in [0.2, 0.25) is 0 Å². The van der Waals surface area contributed by atoms with E-state index in [-0.39, 0.29) is 17.8 Å². The second kappa shape index (κ2) is 12.9. The van der Waals surface area contributed by atoms with Gasteiger partial charge in [-0.3, -0.25) is 0 Å². The fraction of sp³-hybridized carbons (Fsp3) is 0.800. The fourth-order valence-corrected chi connectivity index (χ4v) is 7.27. The monoisotopic (exact) mass is 492 g/mol. The largest absolute Gasteiger partial charge is 0.491 e. The molecule has 1 N–H and O–H groups in total. The van der Waals surface area contributed by atoms with E-state index < -0.39 is 17.9 Å². The van der Waals surface area contributed by atoms with Crippen molar-refractivity contribution in [1.82, 2.24) is 0 Å². The number of hydrogen-bond acceptors (Lipinski definition) is 3. The zero-order chi connectivity index (χ0) is 24.8. The van der Waals surface area contributed by atoms with Gasteiger partial charge in [0, 0.05) is 5.92 Å². The first-order valence-electron chi connectivity index (χ1n) is 14.5. The summed E-state index contributed by atoms with van der Waals surface area (Å²) in [5.41, 5.74) is 0.521. The van der Waals surface area contributed by atoms with E-state index in [1.54, 1.807) is 19.1 Å². The minimum atomic E-state index is -0.842. The molecule has 0 radical (unpaired) electrons. The van der Waals surface area contributed by atoms with Crippen molar-refractivity contribution in [2.45, 2.75) is 122 Å². The van der Waals surface area contributed by atoms with Crippen molar-refractivity contribution in [1.29, 1.82) is 0 Å². The van der Waals surface area contributed by atoms with E-state index in [4.69, 9.17) is 9.47 Å². The average molecular weight is 493 g/mol. The van der Waals surface area contributed by atoms with Crippen LogP contribution in [0.3, 0.4) is 0 Å². The SMILES string of the molecule is CCCCCC1CC[C@@H](C2CCC(C3CCC(c4ccc(OCC)c(F)c4F)CC3)CC2)[C@H](O)O1. The van der Waals surface area contributed by atoms with Gasteiger partial charge in [-0.2, -0.15) is 4.39 Å². The molecule has 0 spiro atoms. The summed E-state index contributed by atoms with van der Waals surface area (Å²) in [6.45, 7) is 4.32. The van der Waals surface area contributed by atoms with E-state index in [2.05, 4.69) is 6.92 Å². The zero-order valence-electron chi connectivity index (χ0n) is 21.8. The number of aliphatic hydroxyl groups is 1. The molecule has 1 aliphatic heterocycles. The summed E-state index contributed by atoms with van der Waals surface area (Å²) in [4.78, 5) is 0. The molecular formula is C30H46F2O3. The van der Waals surface area contributed by atoms with Crippen molar-refractivity contribution in [2.24, 2.45) is 23.7 Å². The summed E-state index contributed by atoms with van der Waals surface area (Å²) >= 11 is 0. The van der Waals surface area contributed by atoms with Crippen LogP contribution in [0.15, 0.2) is 12.1 Å². The predicted octanol–water partition coefficient (Wildman–Crippen LogP) is 8.14. The summed E-state index contributed by atoms with van der Waals surface area (Å²) < 4.78 is 40.3. The number of unbranched alkanes of at least 4 members (excludes halogenated alkanes) is 2. The first-order chi connectivity index (χ1) is 17.0. The molecule has 198 valence electrons. The number of halogens is 2. The molecule has 4 rings (SSSR count). The van der Waals surface area contributed by atoms with E-state index in [9.17, 15) is 13.9 Å². The maximum Gasteiger partial charge on any atom is 0.200 e. The van der Waals surface area contributed by atoms with Gasteiger partial charge in [-0.1, -0.05) is 32.3 Å². The van der Waals surface area contributed by atoms with Crippen LogP contribution < -0.4 is 4.74 Å². The first kappa shape index (κ1) is 26.9. The van der Waals surface area contributed by atoms with Gasteiger partial charge < -0.3 is 14.6 Å². The topological polar surface area (TPSA) is 38.7 Å². The Morgan fingerprint density at radius 1 is 0.829 bits per heavy atom. The summed E-state index contributed by atoms with van der Waals surface area (Å²) in [6, 6.07) is 3.31. The van der Waals surface area contributed by atoms with Crippen LogP contribution >= 0.6 is 0 Å². The Morgan fingerprint density at radius 2 is 1.49 bits per heavy atom. The van der Waals surface area contributed by atoms with Gasteiger partial charge in [0.2, 0.25) is 5.82 Å². The molecule has 3 nitrogen and oxygen atoms in total. The Morgan fingerprint density at radius 3 is 2.11 bits per heavy atom. The maximum atomic E-state index is 14.7. The Bertz CT molecular complexity index is 784. The van der Waals surface area contributed by atoms with E-state index in [0.29, 0.717) is 29.9 Å². The molecule has 1 heterocycles. The van der Waals surface area contributed by atoms with Gasteiger partial charge in [0.25, 0.3) is 0 Å². The molecule has 0 amide bonds. The van der Waals surface area contributed by atoms with Crippen molar-refractivity contribution < 1.29 is 23.4 Å². The minimum absolute atomic E-state index is 0.0136. The quantitative estimate of drug-likeness (QED) is 0.354. The lowest BCUT2D eigenvalue weighted by atomic mass is 9.66. The van der Waals surface area contributed by atoms with Crippen molar-refractivity contribution >= 4 is 0 Å². The highest BCUT2D eigenvalue weighted by molar-refractivity contribution is 5.33. The lowest BCUT2D eigenvalue weighted by Gasteiger charge is -2.43. The molecule has 1 aromatic rings. The highest BCUT2D eigenvalue weighted by Crippen LogP contribution is 2.47. The number of benzene rings is 1. The van der Waals surface area contributed by atoms with Crippen LogP contribution in [0.4, 0.5) is 8.78 Å². The average Bonchev–Trinajstić information content (AvgIpc) is 2.88. The maximum absolute atomic E-state index is 14.7. The van der Waals surface area contributed by atoms with Crippen molar-refractivity contribution in [3.8, 4) is 5.75 Å². The fourth-order valence-electron chi connectivity index (χ4n) is 7.27. The van der Waals surface area contributed by atoms with E-state index in [0.717, 1.165) is 50.9 Å². The molecule has 0 aromatic heterocycles. The minimum Gasteiger partial charge on any atom is -0.491 e. The molecule has 2 saturated carbocycles. The normalized spacial score (nSPS) is 34.0. The van der Waals surface area contributed by atoms with Gasteiger partial charge in [0.15, 0.2) is 17.9 Å². The highest BCUT2D eigenvalue weighted by atomic mass is 19.2. The standard InChI is InChI=1S/C30H46F2O3/c1-3-5-6-7-24-16-17-26(30(33)35-24)23-14-10-21(11-15-23)20-8-12-22(13-9-20)25-18-19-27(34-4-2)29(32)28(25)31/h18-24,26,30,33H,3-17H2,1-2H3/t20?,21?,22?,23?,24?,26-,30+/m0/s1. The lowest BCUT2D eigenvalue weighted by molar-refractivity contribution is -0.208. The molecule has 3 aliphatic rings. The summed E-state index contributed by atoms with van der Waals surface area (Å²) in [5.74, 6) is 0.858. The molecular weight excluding hydrogens is 446 g/mol. The van der Waals surface area contributed by atoms with Gasteiger partial charge in [-0.05, 0) is 113 Å². The molecule has 2 aliphatic carbocycles. The van der Waals surface area contributed by atoms with Gasteiger partial charge in [-0.25, -0.2) is 4.39 Å². The second-order valence-electron chi connectivity index (χ2n) is 11.4. The molecule has 5 heteroatoms. The number of aliphatic hydroxyl groups excluding tert-OH is 1. The smallest absolute Gasteiger partial charge is 0.200 e. The van der Waals surface area contributed by atoms with Gasteiger partial charge in [0.1, 0.15) is 0 Å². The van der Waals surface area contributed by atoms with Crippen LogP contribution in [0, 0.1) is 35.3 Å². The molecule has 3 fully saturated rings. The third-order valence-corrected chi connectivity index (χ3v) is 9.33. The third kappa shape index (κ3) is 6.57.